The minimum Gasteiger partial charge on any atom is -0.478 e. The van der Waals surface area contributed by atoms with E-state index in [2.05, 4.69) is 15.0 Å². The van der Waals surface area contributed by atoms with Gasteiger partial charge in [0.1, 0.15) is 12.1 Å². The summed E-state index contributed by atoms with van der Waals surface area (Å²) in [6, 6.07) is 10.1. The van der Waals surface area contributed by atoms with Crippen LogP contribution < -0.4 is 4.74 Å². The van der Waals surface area contributed by atoms with Crippen LogP contribution in [-0.2, 0) is 0 Å². The number of aromatic carboxylic acids is 1. The van der Waals surface area contributed by atoms with Gasteiger partial charge in [0.05, 0.1) is 16.8 Å². The van der Waals surface area contributed by atoms with Gasteiger partial charge < -0.3 is 9.84 Å². The molecule has 0 atom stereocenters. The van der Waals surface area contributed by atoms with E-state index in [9.17, 15) is 4.79 Å². The maximum atomic E-state index is 11.1. The summed E-state index contributed by atoms with van der Waals surface area (Å²) in [5.74, 6) is -0.206. The van der Waals surface area contributed by atoms with Crippen LogP contribution in [-0.4, -0.2) is 26.0 Å². The number of carbonyl (C=O) groups is 1. The van der Waals surface area contributed by atoms with Gasteiger partial charge in [-0.25, -0.2) is 19.7 Å². The third kappa shape index (κ3) is 3.16. The summed E-state index contributed by atoms with van der Waals surface area (Å²) >= 11 is 0. The number of carboxylic acid groups (broad SMARTS) is 1. The van der Waals surface area contributed by atoms with Crippen molar-refractivity contribution in [3.63, 3.8) is 0 Å². The number of benzene rings is 1. The van der Waals surface area contributed by atoms with Crippen LogP contribution in [0.1, 0.15) is 15.9 Å². The van der Waals surface area contributed by atoms with E-state index in [0.717, 1.165) is 5.56 Å². The van der Waals surface area contributed by atoms with Crippen LogP contribution in [0.3, 0.4) is 0 Å². The average molecular weight is 307 g/mol. The molecular formula is C17H13N3O3. The van der Waals surface area contributed by atoms with E-state index in [1.807, 2.05) is 13.0 Å². The average Bonchev–Trinajstić information content (AvgIpc) is 2.58. The summed E-state index contributed by atoms with van der Waals surface area (Å²) in [5.41, 5.74) is 2.35. The van der Waals surface area contributed by atoms with Gasteiger partial charge in [0.25, 0.3) is 0 Å². The Morgan fingerprint density at radius 3 is 2.74 bits per heavy atom. The fourth-order valence-electron chi connectivity index (χ4n) is 2.06. The summed E-state index contributed by atoms with van der Waals surface area (Å²) in [4.78, 5) is 23.4. The highest BCUT2D eigenvalue weighted by atomic mass is 16.5. The van der Waals surface area contributed by atoms with Crippen molar-refractivity contribution in [2.75, 3.05) is 0 Å². The van der Waals surface area contributed by atoms with Crippen molar-refractivity contribution in [2.45, 2.75) is 6.92 Å². The molecule has 3 aromatic rings. The Labute approximate surface area is 132 Å². The van der Waals surface area contributed by atoms with Gasteiger partial charge in [-0.15, -0.1) is 0 Å². The van der Waals surface area contributed by atoms with Crippen molar-refractivity contribution in [2.24, 2.45) is 0 Å². The van der Waals surface area contributed by atoms with E-state index in [0.29, 0.717) is 22.9 Å². The van der Waals surface area contributed by atoms with Gasteiger partial charge in [-0.05, 0) is 42.8 Å². The maximum Gasteiger partial charge on any atom is 0.335 e. The van der Waals surface area contributed by atoms with Crippen molar-refractivity contribution in [3.05, 3.63) is 66.2 Å². The molecule has 0 fully saturated rings. The highest BCUT2D eigenvalue weighted by molar-refractivity contribution is 5.88. The topological polar surface area (TPSA) is 85.2 Å². The SMILES string of the molecule is Cc1ccc(C(=O)O)cc1Oc1ncccc1-c1ccncn1. The first-order chi connectivity index (χ1) is 11.1. The van der Waals surface area contributed by atoms with E-state index in [1.54, 1.807) is 30.6 Å². The number of pyridine rings is 1. The Morgan fingerprint density at radius 2 is 2.00 bits per heavy atom. The second-order valence-corrected chi connectivity index (χ2v) is 4.84. The molecule has 2 heterocycles. The van der Waals surface area contributed by atoms with E-state index in [4.69, 9.17) is 9.84 Å². The molecule has 1 aromatic carbocycles. The molecule has 0 saturated carbocycles. The first kappa shape index (κ1) is 14.6. The summed E-state index contributed by atoms with van der Waals surface area (Å²) in [6.07, 6.45) is 4.69. The normalized spacial score (nSPS) is 10.3. The molecule has 0 unspecified atom stereocenters. The predicted molar refractivity (Wildman–Crippen MR) is 83.5 cm³/mol. The lowest BCUT2D eigenvalue weighted by atomic mass is 10.1. The molecule has 114 valence electrons. The number of carboxylic acids is 1. The van der Waals surface area contributed by atoms with E-state index < -0.39 is 5.97 Å². The molecule has 0 radical (unpaired) electrons. The molecule has 0 saturated heterocycles. The number of aromatic nitrogens is 3. The summed E-state index contributed by atoms with van der Waals surface area (Å²) in [5, 5.41) is 9.11. The van der Waals surface area contributed by atoms with Crippen LogP contribution >= 0.6 is 0 Å². The zero-order valence-electron chi connectivity index (χ0n) is 12.3. The highest BCUT2D eigenvalue weighted by Gasteiger charge is 2.13. The molecular weight excluding hydrogens is 294 g/mol. The van der Waals surface area contributed by atoms with Gasteiger partial charge in [-0.3, -0.25) is 0 Å². The largest absolute Gasteiger partial charge is 0.478 e. The molecule has 0 amide bonds. The van der Waals surface area contributed by atoms with Gasteiger partial charge in [0.15, 0.2) is 0 Å². The molecule has 3 rings (SSSR count). The maximum absolute atomic E-state index is 11.1. The minimum absolute atomic E-state index is 0.158. The Balaban J connectivity index is 2.02. The molecule has 0 aliphatic rings. The fourth-order valence-corrected chi connectivity index (χ4v) is 2.06. The Kier molecular flexibility index (Phi) is 3.97. The standard InChI is InChI=1S/C17H13N3O3/c1-11-4-5-12(17(21)22)9-15(11)23-16-13(3-2-7-19-16)14-6-8-18-10-20-14/h2-10H,1H3,(H,21,22). The third-order valence-corrected chi connectivity index (χ3v) is 3.27. The van der Waals surface area contributed by atoms with Crippen molar-refractivity contribution in [1.29, 1.82) is 0 Å². The molecule has 1 N–H and O–H groups in total. The van der Waals surface area contributed by atoms with Crippen LogP contribution in [0.25, 0.3) is 11.3 Å². The van der Waals surface area contributed by atoms with Crippen molar-refractivity contribution in [3.8, 4) is 22.9 Å². The zero-order chi connectivity index (χ0) is 16.2. The summed E-state index contributed by atoms with van der Waals surface area (Å²) < 4.78 is 5.85. The zero-order valence-corrected chi connectivity index (χ0v) is 12.3. The molecule has 23 heavy (non-hydrogen) atoms. The lowest BCUT2D eigenvalue weighted by molar-refractivity contribution is 0.0696. The smallest absolute Gasteiger partial charge is 0.335 e. The van der Waals surface area contributed by atoms with Crippen LogP contribution in [0.5, 0.6) is 11.6 Å². The van der Waals surface area contributed by atoms with Gasteiger partial charge in [0.2, 0.25) is 5.88 Å². The molecule has 0 aliphatic heterocycles. The Hall–Kier alpha value is -3.28. The Bertz CT molecular complexity index is 851. The molecule has 6 nitrogen and oxygen atoms in total. The number of hydrogen-bond donors (Lipinski definition) is 1. The predicted octanol–water partition coefficient (Wildman–Crippen LogP) is 3.34. The fraction of sp³-hybridized carbons (Fsp3) is 0.0588. The van der Waals surface area contributed by atoms with Gasteiger partial charge >= 0.3 is 5.97 Å². The van der Waals surface area contributed by atoms with Crippen LogP contribution in [0.2, 0.25) is 0 Å². The first-order valence-corrected chi connectivity index (χ1v) is 6.88. The van der Waals surface area contributed by atoms with Crippen LogP contribution in [0.15, 0.2) is 55.1 Å². The summed E-state index contributed by atoms with van der Waals surface area (Å²) in [7, 11) is 0. The Morgan fingerprint density at radius 1 is 1.13 bits per heavy atom. The molecule has 0 spiro atoms. The quantitative estimate of drug-likeness (QED) is 0.795. The van der Waals surface area contributed by atoms with Gasteiger partial charge in [-0.1, -0.05) is 6.07 Å². The monoisotopic (exact) mass is 307 g/mol. The second kappa shape index (κ2) is 6.23. The summed E-state index contributed by atoms with van der Waals surface area (Å²) in [6.45, 7) is 1.84. The first-order valence-electron chi connectivity index (χ1n) is 6.88. The molecule has 2 aromatic heterocycles. The third-order valence-electron chi connectivity index (χ3n) is 3.27. The number of rotatable bonds is 4. The number of hydrogen-bond acceptors (Lipinski definition) is 5. The number of nitrogens with zero attached hydrogens (tertiary/aromatic N) is 3. The van der Waals surface area contributed by atoms with Gasteiger partial charge in [-0.2, -0.15) is 0 Å². The number of aryl methyl sites for hydroxylation is 1. The lowest BCUT2D eigenvalue weighted by Crippen LogP contribution is -1.99. The van der Waals surface area contributed by atoms with E-state index in [1.165, 1.54) is 18.5 Å². The number of ether oxygens (including phenoxy) is 1. The minimum atomic E-state index is -1.01. The lowest BCUT2D eigenvalue weighted by Gasteiger charge is -2.11. The highest BCUT2D eigenvalue weighted by Crippen LogP contribution is 2.31. The van der Waals surface area contributed by atoms with Crippen LogP contribution in [0, 0.1) is 6.92 Å². The van der Waals surface area contributed by atoms with Gasteiger partial charge in [0, 0.05) is 12.4 Å². The van der Waals surface area contributed by atoms with Crippen molar-refractivity contribution >= 4 is 5.97 Å². The van der Waals surface area contributed by atoms with E-state index >= 15 is 0 Å². The molecule has 0 aliphatic carbocycles. The molecule has 6 heteroatoms. The van der Waals surface area contributed by atoms with E-state index in [-0.39, 0.29) is 5.56 Å². The van der Waals surface area contributed by atoms with Crippen molar-refractivity contribution in [1.82, 2.24) is 15.0 Å². The molecule has 0 bridgehead atoms. The van der Waals surface area contributed by atoms with Crippen molar-refractivity contribution < 1.29 is 14.6 Å². The van der Waals surface area contributed by atoms with Crippen LogP contribution in [0.4, 0.5) is 0 Å². The second-order valence-electron chi connectivity index (χ2n) is 4.84.